The number of aliphatic carboxylic acids is 1. The molecule has 3 rings (SSSR count). The second-order valence-corrected chi connectivity index (χ2v) is 5.30. The summed E-state index contributed by atoms with van der Waals surface area (Å²) in [5.41, 5.74) is 1.74. The van der Waals surface area contributed by atoms with E-state index in [4.69, 9.17) is 14.6 Å². The largest absolute Gasteiger partial charge is 0.497 e. The molecule has 0 fully saturated rings. The standard InChI is InChI=1S/C19H17NO4/c1-20-12-13(9-10-18(21)22)19-16(20)7-4-8-17(19)24-15-6-3-5-14(11-15)23-2/h3-12H,1-2H3,(H,21,22). The Hall–Kier alpha value is -3.21. The lowest BCUT2D eigenvalue weighted by molar-refractivity contribution is -0.131. The summed E-state index contributed by atoms with van der Waals surface area (Å²) in [6, 6.07) is 13.1. The Morgan fingerprint density at radius 3 is 2.67 bits per heavy atom. The molecule has 0 aliphatic carbocycles. The van der Waals surface area contributed by atoms with E-state index in [9.17, 15) is 4.79 Å². The molecular weight excluding hydrogens is 306 g/mol. The molecule has 24 heavy (non-hydrogen) atoms. The van der Waals surface area contributed by atoms with Gasteiger partial charge in [-0.15, -0.1) is 0 Å². The van der Waals surface area contributed by atoms with Crippen molar-refractivity contribution in [3.05, 3.63) is 60.3 Å². The number of ether oxygens (including phenoxy) is 2. The maximum absolute atomic E-state index is 10.8. The number of fused-ring (bicyclic) bond motifs is 1. The number of benzene rings is 2. The summed E-state index contributed by atoms with van der Waals surface area (Å²) in [7, 11) is 3.52. The summed E-state index contributed by atoms with van der Waals surface area (Å²) in [5, 5.41) is 9.74. The van der Waals surface area contributed by atoms with E-state index in [1.807, 2.05) is 54.2 Å². The fourth-order valence-corrected chi connectivity index (χ4v) is 2.61. The van der Waals surface area contributed by atoms with Crippen LogP contribution in [-0.2, 0) is 11.8 Å². The maximum atomic E-state index is 10.8. The highest BCUT2D eigenvalue weighted by Gasteiger charge is 2.11. The molecule has 2 aromatic carbocycles. The SMILES string of the molecule is COc1cccc(Oc2cccc3c2c(C=CC(=O)O)cn3C)c1. The van der Waals surface area contributed by atoms with Crippen LogP contribution in [0.25, 0.3) is 17.0 Å². The Morgan fingerprint density at radius 1 is 1.17 bits per heavy atom. The van der Waals surface area contributed by atoms with Gasteiger partial charge in [0.15, 0.2) is 0 Å². The molecule has 0 atom stereocenters. The van der Waals surface area contributed by atoms with Crippen LogP contribution in [-0.4, -0.2) is 22.8 Å². The first-order valence-electron chi connectivity index (χ1n) is 7.39. The van der Waals surface area contributed by atoms with Crippen molar-refractivity contribution in [3.8, 4) is 17.2 Å². The van der Waals surface area contributed by atoms with Crippen LogP contribution in [0.15, 0.2) is 54.7 Å². The van der Waals surface area contributed by atoms with Crippen LogP contribution >= 0.6 is 0 Å². The minimum atomic E-state index is -0.988. The molecule has 0 radical (unpaired) electrons. The predicted octanol–water partition coefficient (Wildman–Crippen LogP) is 4.08. The first kappa shape index (κ1) is 15.7. The van der Waals surface area contributed by atoms with Gasteiger partial charge in [0.05, 0.1) is 12.6 Å². The van der Waals surface area contributed by atoms with Crippen molar-refractivity contribution < 1.29 is 19.4 Å². The predicted molar refractivity (Wildman–Crippen MR) is 92.7 cm³/mol. The molecule has 0 spiro atoms. The van der Waals surface area contributed by atoms with Crippen LogP contribution in [0, 0.1) is 0 Å². The Balaban J connectivity index is 2.08. The first-order chi connectivity index (χ1) is 11.6. The monoisotopic (exact) mass is 323 g/mol. The Labute approximate surface area is 139 Å². The molecule has 0 bridgehead atoms. The van der Waals surface area contributed by atoms with Crippen molar-refractivity contribution in [2.45, 2.75) is 0 Å². The molecule has 0 unspecified atom stereocenters. The van der Waals surface area contributed by atoms with Gasteiger partial charge >= 0.3 is 5.97 Å². The quantitative estimate of drug-likeness (QED) is 0.719. The topological polar surface area (TPSA) is 60.7 Å². The van der Waals surface area contributed by atoms with Gasteiger partial charge in [-0.25, -0.2) is 4.79 Å². The van der Waals surface area contributed by atoms with Crippen molar-refractivity contribution >= 4 is 22.9 Å². The van der Waals surface area contributed by atoms with Gasteiger partial charge in [-0.05, 0) is 30.3 Å². The fraction of sp³-hybridized carbons (Fsp3) is 0.105. The molecule has 5 nitrogen and oxygen atoms in total. The molecule has 0 aliphatic rings. The molecule has 0 aliphatic heterocycles. The van der Waals surface area contributed by atoms with Gasteiger partial charge in [0.2, 0.25) is 0 Å². The second-order valence-electron chi connectivity index (χ2n) is 5.30. The summed E-state index contributed by atoms with van der Waals surface area (Å²) in [6.07, 6.45) is 4.57. The number of hydrogen-bond donors (Lipinski definition) is 1. The van der Waals surface area contributed by atoms with Gasteiger partial charge in [-0.2, -0.15) is 0 Å². The minimum Gasteiger partial charge on any atom is -0.497 e. The molecule has 0 saturated heterocycles. The van der Waals surface area contributed by atoms with E-state index in [2.05, 4.69) is 0 Å². The molecule has 0 amide bonds. The number of carboxylic acids is 1. The van der Waals surface area contributed by atoms with Crippen molar-refractivity contribution in [2.75, 3.05) is 7.11 Å². The summed E-state index contributed by atoms with van der Waals surface area (Å²) < 4.78 is 13.2. The average molecular weight is 323 g/mol. The van der Waals surface area contributed by atoms with Crippen LogP contribution < -0.4 is 9.47 Å². The molecule has 1 aromatic heterocycles. The zero-order chi connectivity index (χ0) is 17.1. The van der Waals surface area contributed by atoms with E-state index in [0.29, 0.717) is 17.2 Å². The highest BCUT2D eigenvalue weighted by molar-refractivity contribution is 5.97. The zero-order valence-corrected chi connectivity index (χ0v) is 13.4. The third-order valence-electron chi connectivity index (χ3n) is 3.68. The van der Waals surface area contributed by atoms with Crippen molar-refractivity contribution in [2.24, 2.45) is 7.05 Å². The smallest absolute Gasteiger partial charge is 0.328 e. The van der Waals surface area contributed by atoms with E-state index in [1.165, 1.54) is 0 Å². The van der Waals surface area contributed by atoms with Gasteiger partial charge in [-0.3, -0.25) is 0 Å². The van der Waals surface area contributed by atoms with Crippen LogP contribution in [0.2, 0.25) is 0 Å². The first-order valence-corrected chi connectivity index (χ1v) is 7.39. The van der Waals surface area contributed by atoms with Gasteiger partial charge < -0.3 is 19.1 Å². The number of nitrogens with zero attached hydrogens (tertiary/aromatic N) is 1. The Morgan fingerprint density at radius 2 is 1.92 bits per heavy atom. The zero-order valence-electron chi connectivity index (χ0n) is 13.4. The number of carboxylic acid groups (broad SMARTS) is 1. The molecular formula is C19H17NO4. The number of rotatable bonds is 5. The molecule has 122 valence electrons. The van der Waals surface area contributed by atoms with E-state index in [-0.39, 0.29) is 0 Å². The van der Waals surface area contributed by atoms with Crippen LogP contribution in [0.1, 0.15) is 5.56 Å². The summed E-state index contributed by atoms with van der Waals surface area (Å²) >= 11 is 0. The van der Waals surface area contributed by atoms with Crippen LogP contribution in [0.5, 0.6) is 17.2 Å². The lowest BCUT2D eigenvalue weighted by Gasteiger charge is -2.09. The molecule has 5 heteroatoms. The van der Waals surface area contributed by atoms with E-state index in [0.717, 1.165) is 22.5 Å². The van der Waals surface area contributed by atoms with Gasteiger partial charge in [0, 0.05) is 36.3 Å². The maximum Gasteiger partial charge on any atom is 0.328 e. The fourth-order valence-electron chi connectivity index (χ4n) is 2.61. The van der Waals surface area contributed by atoms with Crippen molar-refractivity contribution in [1.82, 2.24) is 4.57 Å². The van der Waals surface area contributed by atoms with Crippen LogP contribution in [0.3, 0.4) is 0 Å². The van der Waals surface area contributed by atoms with Crippen molar-refractivity contribution in [1.29, 1.82) is 0 Å². The van der Waals surface area contributed by atoms with Gasteiger partial charge in [0.25, 0.3) is 0 Å². The van der Waals surface area contributed by atoms with E-state index < -0.39 is 5.97 Å². The lowest BCUT2D eigenvalue weighted by Crippen LogP contribution is -1.89. The van der Waals surface area contributed by atoms with Gasteiger partial charge in [0.1, 0.15) is 17.2 Å². The molecule has 1 heterocycles. The highest BCUT2D eigenvalue weighted by Crippen LogP contribution is 2.34. The highest BCUT2D eigenvalue weighted by atomic mass is 16.5. The van der Waals surface area contributed by atoms with Gasteiger partial charge in [-0.1, -0.05) is 12.1 Å². The molecule has 1 N–H and O–H groups in total. The Kier molecular flexibility index (Phi) is 4.24. The lowest BCUT2D eigenvalue weighted by atomic mass is 10.1. The number of aromatic nitrogens is 1. The second kappa shape index (κ2) is 6.50. The normalized spacial score (nSPS) is 11.1. The minimum absolute atomic E-state index is 0.652. The van der Waals surface area contributed by atoms with E-state index in [1.54, 1.807) is 19.3 Å². The average Bonchev–Trinajstić information content (AvgIpc) is 2.90. The molecule has 0 saturated carbocycles. The third-order valence-corrected chi connectivity index (χ3v) is 3.68. The van der Waals surface area contributed by atoms with Crippen LogP contribution in [0.4, 0.5) is 0 Å². The van der Waals surface area contributed by atoms with E-state index >= 15 is 0 Å². The summed E-state index contributed by atoms with van der Waals surface area (Å²) in [4.78, 5) is 10.8. The number of aryl methyl sites for hydroxylation is 1. The summed E-state index contributed by atoms with van der Waals surface area (Å²) in [6.45, 7) is 0. The van der Waals surface area contributed by atoms with Crippen molar-refractivity contribution in [3.63, 3.8) is 0 Å². The summed E-state index contributed by atoms with van der Waals surface area (Å²) in [5.74, 6) is 1.03. The number of hydrogen-bond acceptors (Lipinski definition) is 3. The third kappa shape index (κ3) is 3.10. The number of methoxy groups -OCH3 is 1. The Bertz CT molecular complexity index is 924. The molecule has 3 aromatic rings. The number of carbonyl (C=O) groups is 1.